The summed E-state index contributed by atoms with van der Waals surface area (Å²) in [6, 6.07) is 0. The maximum Gasteiger partial charge on any atom is 0.188 e. The molecule has 0 aromatic carbocycles. The number of aldehydes is 1. The van der Waals surface area contributed by atoms with Crippen molar-refractivity contribution in [3.05, 3.63) is 0 Å². The molecule has 5 heteroatoms. The van der Waals surface area contributed by atoms with Crippen molar-refractivity contribution in [2.45, 2.75) is 64.5 Å². The largest absolute Gasteiger partial charge is 0.365 e. The Morgan fingerprint density at radius 2 is 1.90 bits per heavy atom. The summed E-state index contributed by atoms with van der Waals surface area (Å²) < 4.78 is 18.4. The van der Waals surface area contributed by atoms with Crippen LogP contribution in [0.2, 0.25) is 0 Å². The van der Waals surface area contributed by atoms with Gasteiger partial charge in [0.25, 0.3) is 0 Å². The molecule has 20 heavy (non-hydrogen) atoms. The second kappa shape index (κ2) is 4.03. The molecule has 0 radical (unpaired) electrons. The van der Waals surface area contributed by atoms with Gasteiger partial charge in [-0.05, 0) is 6.42 Å². The van der Waals surface area contributed by atoms with Gasteiger partial charge in [-0.2, -0.15) is 0 Å². The normalized spacial score (nSPS) is 58.7. The van der Waals surface area contributed by atoms with Crippen LogP contribution in [0, 0.1) is 23.7 Å². The third-order valence-electron chi connectivity index (χ3n) is 5.88. The van der Waals surface area contributed by atoms with E-state index in [4.69, 9.17) is 14.2 Å². The molecule has 0 spiro atoms. The first-order valence-corrected chi connectivity index (χ1v) is 7.53. The van der Waals surface area contributed by atoms with E-state index in [1.165, 1.54) is 0 Å². The van der Waals surface area contributed by atoms with E-state index in [0.29, 0.717) is 6.42 Å². The van der Waals surface area contributed by atoms with Crippen LogP contribution in [0.1, 0.15) is 41.0 Å². The number of hydrogen-bond acceptors (Lipinski definition) is 5. The highest BCUT2D eigenvalue weighted by atomic mass is 16.9. The number of carbonyl (C=O) groups is 1. The van der Waals surface area contributed by atoms with Gasteiger partial charge in [-0.15, -0.1) is 0 Å². The zero-order valence-electron chi connectivity index (χ0n) is 12.8. The minimum absolute atomic E-state index is 0.0160. The molecule has 114 valence electrons. The first-order valence-electron chi connectivity index (χ1n) is 7.53. The number of carbonyl (C=O) groups excluding carboxylic acids is 1. The lowest BCUT2D eigenvalue weighted by atomic mass is 9.65. The van der Waals surface area contributed by atoms with Crippen LogP contribution < -0.4 is 0 Å². The highest BCUT2D eigenvalue weighted by Crippen LogP contribution is 2.63. The van der Waals surface area contributed by atoms with E-state index in [1.54, 1.807) is 6.92 Å². The average Bonchev–Trinajstić information content (AvgIpc) is 2.44. The van der Waals surface area contributed by atoms with Crippen molar-refractivity contribution < 1.29 is 24.1 Å². The molecule has 0 aromatic rings. The molecular formula is C15H24O5. The molecule has 4 saturated heterocycles. The Morgan fingerprint density at radius 3 is 2.45 bits per heavy atom. The molecule has 4 aliphatic rings. The molecule has 4 aliphatic heterocycles. The van der Waals surface area contributed by atoms with Gasteiger partial charge in [0.05, 0.1) is 17.9 Å². The molecule has 5 nitrogen and oxygen atoms in total. The Balaban J connectivity index is 2.15. The fourth-order valence-electron chi connectivity index (χ4n) is 4.32. The number of hydrogen-bond donors (Lipinski definition) is 1. The molecular weight excluding hydrogens is 260 g/mol. The summed E-state index contributed by atoms with van der Waals surface area (Å²) >= 11 is 0. The van der Waals surface area contributed by atoms with Crippen molar-refractivity contribution in [2.24, 2.45) is 23.7 Å². The fraction of sp³-hybridized carbons (Fsp3) is 0.933. The van der Waals surface area contributed by atoms with Gasteiger partial charge in [0, 0.05) is 11.8 Å². The lowest BCUT2D eigenvalue weighted by molar-refractivity contribution is -0.589. The monoisotopic (exact) mass is 284 g/mol. The maximum absolute atomic E-state index is 11.3. The summed E-state index contributed by atoms with van der Waals surface area (Å²) in [7, 11) is 0. The van der Waals surface area contributed by atoms with Crippen molar-refractivity contribution in [1.29, 1.82) is 0 Å². The van der Waals surface area contributed by atoms with Crippen molar-refractivity contribution in [2.75, 3.05) is 0 Å². The van der Waals surface area contributed by atoms with E-state index in [-0.39, 0.29) is 17.9 Å². The van der Waals surface area contributed by atoms with E-state index in [9.17, 15) is 9.90 Å². The first kappa shape index (κ1) is 14.4. The molecule has 8 atom stereocenters. The van der Waals surface area contributed by atoms with E-state index in [1.807, 2.05) is 27.7 Å². The van der Waals surface area contributed by atoms with E-state index < -0.39 is 29.2 Å². The van der Waals surface area contributed by atoms with Crippen LogP contribution >= 0.6 is 0 Å². The molecule has 0 unspecified atom stereocenters. The predicted octanol–water partition coefficient (Wildman–Crippen LogP) is 1.68. The molecule has 1 N–H and O–H groups in total. The van der Waals surface area contributed by atoms with E-state index >= 15 is 0 Å². The van der Waals surface area contributed by atoms with Gasteiger partial charge in [0.2, 0.25) is 0 Å². The molecule has 0 aliphatic carbocycles. The smallest absolute Gasteiger partial charge is 0.188 e. The molecule has 0 saturated carbocycles. The van der Waals surface area contributed by atoms with Crippen LogP contribution in [-0.4, -0.2) is 34.9 Å². The van der Waals surface area contributed by atoms with Crippen LogP contribution in [0.25, 0.3) is 0 Å². The molecule has 4 rings (SSSR count). The van der Waals surface area contributed by atoms with Gasteiger partial charge in [0.15, 0.2) is 17.4 Å². The Hall–Kier alpha value is -0.490. The zero-order valence-corrected chi connectivity index (χ0v) is 12.8. The molecule has 4 heterocycles. The number of aliphatic hydroxyl groups is 1. The quantitative estimate of drug-likeness (QED) is 0.799. The third-order valence-corrected chi connectivity index (χ3v) is 5.88. The van der Waals surface area contributed by atoms with Gasteiger partial charge < -0.3 is 24.1 Å². The second-order valence-corrected chi connectivity index (χ2v) is 6.65. The standard InChI is InChI=1S/C15H24O5/c1-6-13-9(3)12-10(4)14(17,19-13)11(5)15(18-12,20-13)8(2)7-16/h7-12,17H,6H2,1-5H3/t8-,9+,10+,11+,12+,13-,14-,15-/m0/s1. The van der Waals surface area contributed by atoms with Gasteiger partial charge in [-0.1, -0.05) is 34.6 Å². The predicted molar refractivity (Wildman–Crippen MR) is 70.5 cm³/mol. The summed E-state index contributed by atoms with van der Waals surface area (Å²) in [5.41, 5.74) is 0. The lowest BCUT2D eigenvalue weighted by Crippen LogP contribution is -2.83. The summed E-state index contributed by atoms with van der Waals surface area (Å²) in [4.78, 5) is 11.3. The van der Waals surface area contributed by atoms with Crippen LogP contribution in [0.5, 0.6) is 0 Å². The van der Waals surface area contributed by atoms with E-state index in [2.05, 4.69) is 0 Å². The highest BCUT2D eigenvalue weighted by Gasteiger charge is 2.76. The average molecular weight is 284 g/mol. The summed E-state index contributed by atoms with van der Waals surface area (Å²) in [5.74, 6) is -4.27. The minimum atomic E-state index is -1.30. The van der Waals surface area contributed by atoms with Crippen LogP contribution in [0.3, 0.4) is 0 Å². The van der Waals surface area contributed by atoms with Crippen molar-refractivity contribution >= 4 is 6.29 Å². The fourth-order valence-corrected chi connectivity index (χ4v) is 4.32. The molecule has 0 amide bonds. The molecule has 0 aromatic heterocycles. The summed E-state index contributed by atoms with van der Waals surface area (Å²) in [6.07, 6.45) is 1.29. The van der Waals surface area contributed by atoms with Crippen LogP contribution in [-0.2, 0) is 19.0 Å². The lowest BCUT2D eigenvalue weighted by Gasteiger charge is -2.71. The van der Waals surface area contributed by atoms with Gasteiger partial charge in [-0.3, -0.25) is 0 Å². The van der Waals surface area contributed by atoms with Gasteiger partial charge >= 0.3 is 0 Å². The van der Waals surface area contributed by atoms with E-state index in [0.717, 1.165) is 6.29 Å². The second-order valence-electron chi connectivity index (χ2n) is 6.65. The Morgan fingerprint density at radius 1 is 1.25 bits per heavy atom. The molecule has 4 bridgehead atoms. The topological polar surface area (TPSA) is 65.0 Å². The summed E-state index contributed by atoms with van der Waals surface area (Å²) in [6.45, 7) is 9.55. The van der Waals surface area contributed by atoms with Crippen molar-refractivity contribution in [3.63, 3.8) is 0 Å². The molecule has 4 fully saturated rings. The maximum atomic E-state index is 11.3. The third kappa shape index (κ3) is 1.35. The van der Waals surface area contributed by atoms with Gasteiger partial charge in [0.1, 0.15) is 6.29 Å². The SMILES string of the molecule is CC[C@]12O[C@@]3(O)[C@H](C)[C@H](O[C@@]([C@@H](C)C=O)(O1)[C@@H]3C)[C@H]2C. The minimum Gasteiger partial charge on any atom is -0.365 e. The van der Waals surface area contributed by atoms with Crippen LogP contribution in [0.15, 0.2) is 0 Å². The van der Waals surface area contributed by atoms with Gasteiger partial charge in [-0.25, -0.2) is 0 Å². The number of ether oxygens (including phenoxy) is 3. The Labute approximate surface area is 119 Å². The Kier molecular flexibility index (Phi) is 2.91. The number of rotatable bonds is 3. The highest BCUT2D eigenvalue weighted by molar-refractivity contribution is 5.55. The van der Waals surface area contributed by atoms with Crippen molar-refractivity contribution in [3.8, 4) is 0 Å². The first-order chi connectivity index (χ1) is 9.27. The summed E-state index contributed by atoms with van der Waals surface area (Å²) in [5, 5.41) is 11.1. The van der Waals surface area contributed by atoms with Crippen molar-refractivity contribution in [1.82, 2.24) is 0 Å². The zero-order chi connectivity index (χ0) is 14.9. The Bertz CT molecular complexity index is 430. The van der Waals surface area contributed by atoms with Crippen LogP contribution in [0.4, 0.5) is 0 Å².